The highest BCUT2D eigenvalue weighted by Gasteiger charge is 2.21. The summed E-state index contributed by atoms with van der Waals surface area (Å²) < 4.78 is 4.70. The van der Waals surface area contributed by atoms with Gasteiger partial charge in [0.05, 0.1) is 23.3 Å². The molecule has 2 aromatic rings. The van der Waals surface area contributed by atoms with Crippen molar-refractivity contribution in [2.75, 3.05) is 19.1 Å². The number of rotatable bonds is 4. The normalized spacial score (nSPS) is 10.0. The molecule has 0 aliphatic carbocycles. The van der Waals surface area contributed by atoms with Gasteiger partial charge in [0.1, 0.15) is 0 Å². The molecule has 2 aromatic carbocycles. The van der Waals surface area contributed by atoms with Crippen LogP contribution in [-0.4, -0.2) is 31.0 Å². The van der Waals surface area contributed by atoms with E-state index in [0.717, 1.165) is 0 Å². The van der Waals surface area contributed by atoms with Crippen molar-refractivity contribution in [3.63, 3.8) is 0 Å². The van der Waals surface area contributed by atoms with Gasteiger partial charge in [0.25, 0.3) is 11.6 Å². The number of esters is 1. The summed E-state index contributed by atoms with van der Waals surface area (Å²) in [4.78, 5) is 35.8. The van der Waals surface area contributed by atoms with Crippen molar-refractivity contribution in [2.24, 2.45) is 0 Å². The molecule has 7 heteroatoms. The van der Waals surface area contributed by atoms with E-state index in [1.165, 1.54) is 43.3 Å². The lowest BCUT2D eigenvalue weighted by molar-refractivity contribution is -0.384. The number of non-ortho nitro benzene ring substituents is 1. The number of anilines is 1. The Morgan fingerprint density at radius 1 is 1.13 bits per heavy atom. The highest BCUT2D eigenvalue weighted by atomic mass is 16.6. The van der Waals surface area contributed by atoms with Gasteiger partial charge in [0.15, 0.2) is 0 Å². The molecule has 0 saturated heterocycles. The van der Waals surface area contributed by atoms with Crippen LogP contribution in [0, 0.1) is 10.1 Å². The third-order valence-electron chi connectivity index (χ3n) is 3.28. The van der Waals surface area contributed by atoms with Gasteiger partial charge in [-0.1, -0.05) is 18.2 Å². The highest BCUT2D eigenvalue weighted by molar-refractivity contribution is 6.09. The zero-order valence-corrected chi connectivity index (χ0v) is 12.6. The van der Waals surface area contributed by atoms with Crippen molar-refractivity contribution in [2.45, 2.75) is 0 Å². The Bertz CT molecular complexity index is 773. The summed E-state index contributed by atoms with van der Waals surface area (Å²) in [5.41, 5.74) is 0.569. The van der Waals surface area contributed by atoms with Crippen LogP contribution in [0.1, 0.15) is 20.7 Å². The second kappa shape index (κ2) is 6.69. The van der Waals surface area contributed by atoms with Gasteiger partial charge in [-0.2, -0.15) is 0 Å². The monoisotopic (exact) mass is 314 g/mol. The molecule has 0 bridgehead atoms. The van der Waals surface area contributed by atoms with Crippen molar-refractivity contribution in [3.8, 4) is 0 Å². The van der Waals surface area contributed by atoms with E-state index in [-0.39, 0.29) is 16.8 Å². The number of ether oxygens (including phenoxy) is 1. The number of carbonyl (C=O) groups is 2. The van der Waals surface area contributed by atoms with Crippen molar-refractivity contribution < 1.29 is 19.2 Å². The third-order valence-corrected chi connectivity index (χ3v) is 3.28. The van der Waals surface area contributed by atoms with Gasteiger partial charge in [0.2, 0.25) is 0 Å². The average molecular weight is 314 g/mol. The quantitative estimate of drug-likeness (QED) is 0.491. The van der Waals surface area contributed by atoms with E-state index in [1.807, 2.05) is 0 Å². The number of carbonyl (C=O) groups excluding carboxylic acids is 2. The van der Waals surface area contributed by atoms with Gasteiger partial charge >= 0.3 is 5.97 Å². The predicted octanol–water partition coefficient (Wildman–Crippen LogP) is 2.66. The summed E-state index contributed by atoms with van der Waals surface area (Å²) in [7, 11) is 2.74. The number of benzene rings is 2. The first-order chi connectivity index (χ1) is 11.0. The molecule has 1 amide bonds. The van der Waals surface area contributed by atoms with Crippen LogP contribution in [0.5, 0.6) is 0 Å². The molecule has 0 aromatic heterocycles. The molecule has 0 aliphatic heterocycles. The molecular formula is C16H14N2O5. The molecule has 23 heavy (non-hydrogen) atoms. The first kappa shape index (κ1) is 16.2. The van der Waals surface area contributed by atoms with Crippen LogP contribution in [-0.2, 0) is 4.74 Å². The molecular weight excluding hydrogens is 300 g/mol. The molecule has 0 spiro atoms. The van der Waals surface area contributed by atoms with Gasteiger partial charge < -0.3 is 9.64 Å². The molecule has 7 nitrogen and oxygen atoms in total. The number of methoxy groups -OCH3 is 1. The molecule has 0 heterocycles. The predicted molar refractivity (Wildman–Crippen MR) is 83.6 cm³/mol. The van der Waals surface area contributed by atoms with Crippen LogP contribution < -0.4 is 4.90 Å². The number of hydrogen-bond acceptors (Lipinski definition) is 5. The van der Waals surface area contributed by atoms with Crippen molar-refractivity contribution >= 4 is 23.3 Å². The first-order valence-corrected chi connectivity index (χ1v) is 6.65. The van der Waals surface area contributed by atoms with Gasteiger partial charge in [-0.15, -0.1) is 0 Å². The largest absolute Gasteiger partial charge is 0.465 e. The fourth-order valence-electron chi connectivity index (χ4n) is 2.10. The fourth-order valence-corrected chi connectivity index (χ4v) is 2.10. The Morgan fingerprint density at radius 2 is 1.83 bits per heavy atom. The van der Waals surface area contributed by atoms with Crippen LogP contribution >= 0.6 is 0 Å². The molecule has 0 fully saturated rings. The molecule has 0 saturated carbocycles. The summed E-state index contributed by atoms with van der Waals surface area (Å²) in [6.45, 7) is 0. The van der Waals surface area contributed by atoms with Gasteiger partial charge in [-0.05, 0) is 18.2 Å². The molecule has 0 atom stereocenters. The number of nitro benzene ring substituents is 1. The maximum absolute atomic E-state index is 12.5. The summed E-state index contributed by atoms with van der Waals surface area (Å²) in [6.07, 6.45) is 0. The van der Waals surface area contributed by atoms with E-state index in [2.05, 4.69) is 0 Å². The number of amides is 1. The number of para-hydroxylation sites is 1. The zero-order valence-electron chi connectivity index (χ0n) is 12.6. The molecule has 118 valence electrons. The highest BCUT2D eigenvalue weighted by Crippen LogP contribution is 2.23. The molecule has 0 aliphatic rings. The lowest BCUT2D eigenvalue weighted by Gasteiger charge is -2.19. The fraction of sp³-hybridized carbons (Fsp3) is 0.125. The Labute approximate surface area is 132 Å². The minimum atomic E-state index is -0.570. The lowest BCUT2D eigenvalue weighted by atomic mass is 10.1. The lowest BCUT2D eigenvalue weighted by Crippen LogP contribution is -2.28. The van der Waals surface area contributed by atoms with Crippen LogP contribution in [0.2, 0.25) is 0 Å². The molecule has 0 N–H and O–H groups in total. The minimum Gasteiger partial charge on any atom is -0.465 e. The van der Waals surface area contributed by atoms with Gasteiger partial charge in [-0.25, -0.2) is 4.79 Å². The average Bonchev–Trinajstić information content (AvgIpc) is 2.59. The van der Waals surface area contributed by atoms with Crippen molar-refractivity contribution in [3.05, 3.63) is 69.8 Å². The van der Waals surface area contributed by atoms with E-state index in [9.17, 15) is 19.7 Å². The Morgan fingerprint density at radius 3 is 2.48 bits per heavy atom. The van der Waals surface area contributed by atoms with E-state index in [1.54, 1.807) is 24.3 Å². The number of nitrogens with zero attached hydrogens (tertiary/aromatic N) is 2. The SMILES string of the molecule is COC(=O)c1ccccc1N(C)C(=O)c1cccc([N+](=O)[O-])c1. The molecule has 0 unspecified atom stereocenters. The van der Waals surface area contributed by atoms with E-state index in [0.29, 0.717) is 5.69 Å². The van der Waals surface area contributed by atoms with E-state index >= 15 is 0 Å². The van der Waals surface area contributed by atoms with Crippen LogP contribution in [0.25, 0.3) is 0 Å². The third kappa shape index (κ3) is 3.34. The van der Waals surface area contributed by atoms with Crippen LogP contribution in [0.3, 0.4) is 0 Å². The summed E-state index contributed by atoms with van der Waals surface area (Å²) in [6, 6.07) is 11.9. The smallest absolute Gasteiger partial charge is 0.339 e. The first-order valence-electron chi connectivity index (χ1n) is 6.65. The number of hydrogen-bond donors (Lipinski definition) is 0. The summed E-state index contributed by atoms with van der Waals surface area (Å²) in [5.74, 6) is -1.04. The zero-order chi connectivity index (χ0) is 17.0. The minimum absolute atomic E-state index is 0.154. The Balaban J connectivity index is 2.39. The van der Waals surface area contributed by atoms with Crippen LogP contribution in [0.4, 0.5) is 11.4 Å². The number of nitro groups is 1. The summed E-state index contributed by atoms with van der Waals surface area (Å²) in [5, 5.41) is 10.8. The van der Waals surface area contributed by atoms with Gasteiger partial charge in [0, 0.05) is 24.7 Å². The standard InChI is InChI=1S/C16H14N2O5/c1-17(14-9-4-3-8-13(14)16(20)23-2)15(19)11-6-5-7-12(10-11)18(21)22/h3-10H,1-2H3. The van der Waals surface area contributed by atoms with E-state index < -0.39 is 16.8 Å². The Kier molecular flexibility index (Phi) is 4.70. The van der Waals surface area contributed by atoms with E-state index in [4.69, 9.17) is 4.74 Å². The second-order valence-corrected chi connectivity index (χ2v) is 4.68. The van der Waals surface area contributed by atoms with Crippen molar-refractivity contribution in [1.82, 2.24) is 0 Å². The maximum Gasteiger partial charge on any atom is 0.339 e. The Hall–Kier alpha value is -3.22. The summed E-state index contributed by atoms with van der Waals surface area (Å²) >= 11 is 0. The second-order valence-electron chi connectivity index (χ2n) is 4.68. The van der Waals surface area contributed by atoms with Crippen LogP contribution in [0.15, 0.2) is 48.5 Å². The topological polar surface area (TPSA) is 89.8 Å². The van der Waals surface area contributed by atoms with Gasteiger partial charge in [-0.3, -0.25) is 14.9 Å². The molecule has 2 rings (SSSR count). The maximum atomic E-state index is 12.5. The van der Waals surface area contributed by atoms with Crippen molar-refractivity contribution in [1.29, 1.82) is 0 Å². The molecule has 0 radical (unpaired) electrons.